The number of halogens is 3. The molecule has 3 aromatic carbocycles. The van der Waals surface area contributed by atoms with Gasteiger partial charge in [-0.05, 0) is 29.7 Å². The van der Waals surface area contributed by atoms with Crippen LogP contribution in [0.25, 0.3) is 10.8 Å². The maximum atomic E-state index is 12.2. The van der Waals surface area contributed by atoms with Gasteiger partial charge in [-0.2, -0.15) is 8.78 Å². The molecule has 0 radical (unpaired) electrons. The van der Waals surface area contributed by atoms with Gasteiger partial charge in [0.25, 0.3) is 5.91 Å². The Hall–Kier alpha value is -3.39. The number of amides is 1. The maximum absolute atomic E-state index is 12.2. The number of benzene rings is 3. The van der Waals surface area contributed by atoms with E-state index in [1.54, 1.807) is 12.1 Å². The zero-order chi connectivity index (χ0) is 21.5. The van der Waals surface area contributed by atoms with Crippen LogP contribution in [0.1, 0.15) is 0 Å². The van der Waals surface area contributed by atoms with E-state index in [-0.39, 0.29) is 23.1 Å². The maximum Gasteiger partial charge on any atom is 0.387 e. The summed E-state index contributed by atoms with van der Waals surface area (Å²) in [6.07, 6.45) is 0. The van der Waals surface area contributed by atoms with Crippen molar-refractivity contribution in [3.63, 3.8) is 0 Å². The van der Waals surface area contributed by atoms with Crippen molar-refractivity contribution in [2.24, 2.45) is 0 Å². The van der Waals surface area contributed by atoms with Crippen LogP contribution in [0.4, 0.5) is 14.5 Å². The number of nitrogens with one attached hydrogen (secondary N) is 1. The van der Waals surface area contributed by atoms with Gasteiger partial charge in [0.2, 0.25) is 0 Å². The molecular formula is C21H16ClF2NO5. The average Bonchev–Trinajstić information content (AvgIpc) is 2.72. The van der Waals surface area contributed by atoms with E-state index in [2.05, 4.69) is 10.1 Å². The summed E-state index contributed by atoms with van der Waals surface area (Å²) in [5.74, 6) is -1.05. The Morgan fingerprint density at radius 1 is 0.967 bits per heavy atom. The average molecular weight is 436 g/mol. The Kier molecular flexibility index (Phi) is 7.03. The Morgan fingerprint density at radius 3 is 2.50 bits per heavy atom. The van der Waals surface area contributed by atoms with E-state index < -0.39 is 25.1 Å². The van der Waals surface area contributed by atoms with E-state index in [9.17, 15) is 18.4 Å². The first kappa shape index (κ1) is 21.3. The molecule has 0 atom stereocenters. The second kappa shape index (κ2) is 9.89. The minimum Gasteiger partial charge on any atom is -0.481 e. The van der Waals surface area contributed by atoms with Crippen molar-refractivity contribution in [1.82, 2.24) is 0 Å². The minimum atomic E-state index is -3.02. The molecule has 0 aromatic heterocycles. The van der Waals surface area contributed by atoms with Crippen LogP contribution < -0.4 is 14.8 Å². The van der Waals surface area contributed by atoms with Crippen LogP contribution in [0, 0.1) is 0 Å². The van der Waals surface area contributed by atoms with Gasteiger partial charge in [0.05, 0.1) is 5.02 Å². The Bertz CT molecular complexity index is 1060. The van der Waals surface area contributed by atoms with E-state index in [1.807, 2.05) is 30.3 Å². The number of hydrogen-bond donors (Lipinski definition) is 1. The molecule has 156 valence electrons. The van der Waals surface area contributed by atoms with Gasteiger partial charge >= 0.3 is 12.6 Å². The number of rotatable bonds is 8. The number of carbonyl (C=O) groups is 2. The molecule has 0 spiro atoms. The predicted octanol–water partition coefficient (Wildman–Crippen LogP) is 4.66. The Balaban J connectivity index is 1.47. The van der Waals surface area contributed by atoms with Crippen molar-refractivity contribution in [3.8, 4) is 11.5 Å². The SMILES string of the molecule is O=C(COC(=O)COc1cccc2ccccc12)Nc1ccc(OC(F)F)c(Cl)c1. The lowest BCUT2D eigenvalue weighted by atomic mass is 10.1. The molecule has 0 saturated carbocycles. The molecule has 1 N–H and O–H groups in total. The highest BCUT2D eigenvalue weighted by molar-refractivity contribution is 6.32. The molecule has 0 aliphatic heterocycles. The molecule has 0 bridgehead atoms. The van der Waals surface area contributed by atoms with E-state index in [0.29, 0.717) is 5.75 Å². The highest BCUT2D eigenvalue weighted by Crippen LogP contribution is 2.29. The molecule has 0 fully saturated rings. The third-order valence-corrected chi connectivity index (χ3v) is 4.19. The fraction of sp³-hybridized carbons (Fsp3) is 0.143. The first-order valence-corrected chi connectivity index (χ1v) is 9.10. The molecule has 0 heterocycles. The van der Waals surface area contributed by atoms with Gasteiger partial charge in [-0.25, -0.2) is 4.79 Å². The van der Waals surface area contributed by atoms with Crippen LogP contribution in [0.3, 0.4) is 0 Å². The highest BCUT2D eigenvalue weighted by Gasteiger charge is 2.12. The molecule has 3 rings (SSSR count). The molecule has 6 nitrogen and oxygen atoms in total. The van der Waals surface area contributed by atoms with E-state index in [4.69, 9.17) is 21.1 Å². The number of anilines is 1. The van der Waals surface area contributed by atoms with Crippen molar-refractivity contribution in [3.05, 3.63) is 65.7 Å². The number of hydrogen-bond acceptors (Lipinski definition) is 5. The number of ether oxygens (including phenoxy) is 3. The summed E-state index contributed by atoms with van der Waals surface area (Å²) in [6, 6.07) is 16.7. The first-order valence-electron chi connectivity index (χ1n) is 8.73. The van der Waals surface area contributed by atoms with Crippen LogP contribution >= 0.6 is 11.6 Å². The largest absolute Gasteiger partial charge is 0.481 e. The summed E-state index contributed by atoms with van der Waals surface area (Å²) >= 11 is 5.81. The van der Waals surface area contributed by atoms with E-state index in [0.717, 1.165) is 10.8 Å². The standard InChI is InChI=1S/C21H16ClF2NO5/c22-16-10-14(8-9-18(16)30-21(23)24)25-19(26)11-29-20(27)12-28-17-7-3-5-13-4-1-2-6-15(13)17/h1-10,21H,11-12H2,(H,25,26). The van der Waals surface area contributed by atoms with E-state index in [1.165, 1.54) is 18.2 Å². The number of alkyl halides is 2. The summed E-state index contributed by atoms with van der Waals surface area (Å²) in [5.41, 5.74) is 0.231. The molecular weight excluding hydrogens is 420 g/mol. The van der Waals surface area contributed by atoms with Crippen molar-refractivity contribution < 1.29 is 32.6 Å². The van der Waals surface area contributed by atoms with Crippen molar-refractivity contribution in [1.29, 1.82) is 0 Å². The monoisotopic (exact) mass is 435 g/mol. The molecule has 9 heteroatoms. The number of fused-ring (bicyclic) bond motifs is 1. The summed E-state index contributed by atoms with van der Waals surface area (Å²) in [5, 5.41) is 4.14. The highest BCUT2D eigenvalue weighted by atomic mass is 35.5. The van der Waals surface area contributed by atoms with Gasteiger partial charge in [0.1, 0.15) is 11.5 Å². The molecule has 3 aromatic rings. The van der Waals surface area contributed by atoms with Gasteiger partial charge in [-0.3, -0.25) is 4.79 Å². The molecule has 0 aliphatic rings. The molecule has 1 amide bonds. The van der Waals surface area contributed by atoms with E-state index >= 15 is 0 Å². The van der Waals surface area contributed by atoms with Crippen LogP contribution in [-0.4, -0.2) is 31.7 Å². The van der Waals surface area contributed by atoms with Crippen LogP contribution in [0.15, 0.2) is 60.7 Å². The van der Waals surface area contributed by atoms with Gasteiger partial charge in [0, 0.05) is 11.1 Å². The van der Waals surface area contributed by atoms with Crippen molar-refractivity contribution in [2.75, 3.05) is 18.5 Å². The van der Waals surface area contributed by atoms with Gasteiger partial charge in [-0.1, -0.05) is 48.0 Å². The zero-order valence-electron chi connectivity index (χ0n) is 15.4. The van der Waals surface area contributed by atoms with Crippen LogP contribution in [-0.2, 0) is 14.3 Å². The molecule has 0 aliphatic carbocycles. The van der Waals surface area contributed by atoms with Gasteiger partial charge < -0.3 is 19.5 Å². The van der Waals surface area contributed by atoms with Gasteiger partial charge in [-0.15, -0.1) is 0 Å². The summed E-state index contributed by atoms with van der Waals surface area (Å²) in [4.78, 5) is 23.8. The third kappa shape index (κ3) is 5.81. The fourth-order valence-electron chi connectivity index (χ4n) is 2.61. The normalized spacial score (nSPS) is 10.7. The quantitative estimate of drug-likeness (QED) is 0.521. The van der Waals surface area contributed by atoms with Gasteiger partial charge in [0.15, 0.2) is 13.2 Å². The smallest absolute Gasteiger partial charge is 0.387 e. The second-order valence-electron chi connectivity index (χ2n) is 6.00. The van der Waals surface area contributed by atoms with Crippen LogP contribution in [0.5, 0.6) is 11.5 Å². The Labute approximate surface area is 175 Å². The fourth-order valence-corrected chi connectivity index (χ4v) is 2.84. The third-order valence-electron chi connectivity index (χ3n) is 3.89. The van der Waals surface area contributed by atoms with Crippen LogP contribution in [0.2, 0.25) is 5.02 Å². The second-order valence-corrected chi connectivity index (χ2v) is 6.41. The Morgan fingerprint density at radius 2 is 1.73 bits per heavy atom. The van der Waals surface area contributed by atoms with Crippen molar-refractivity contribution >= 4 is 39.9 Å². The zero-order valence-corrected chi connectivity index (χ0v) is 16.2. The molecule has 0 saturated heterocycles. The molecule has 30 heavy (non-hydrogen) atoms. The summed E-state index contributed by atoms with van der Waals surface area (Å²) in [6.45, 7) is -3.93. The minimum absolute atomic E-state index is 0.103. The number of esters is 1. The number of carbonyl (C=O) groups excluding carboxylic acids is 2. The summed E-state index contributed by atoms with van der Waals surface area (Å²) in [7, 11) is 0. The molecule has 0 unspecified atom stereocenters. The summed E-state index contributed by atoms with van der Waals surface area (Å²) < 4.78 is 39.0. The predicted molar refractivity (Wildman–Crippen MR) is 107 cm³/mol. The first-order chi connectivity index (χ1) is 14.4. The van der Waals surface area contributed by atoms with Crippen molar-refractivity contribution in [2.45, 2.75) is 6.61 Å². The lowest BCUT2D eigenvalue weighted by molar-refractivity contribution is -0.149. The topological polar surface area (TPSA) is 73.9 Å². The lowest BCUT2D eigenvalue weighted by Gasteiger charge is -2.11. The lowest BCUT2D eigenvalue weighted by Crippen LogP contribution is -2.23.